The van der Waals surface area contributed by atoms with Gasteiger partial charge in [0.25, 0.3) is 0 Å². The summed E-state index contributed by atoms with van der Waals surface area (Å²) in [6.07, 6.45) is 0. The van der Waals surface area contributed by atoms with Crippen molar-refractivity contribution in [2.45, 2.75) is 13.5 Å². The van der Waals surface area contributed by atoms with Gasteiger partial charge in [0, 0.05) is 10.5 Å². The molecular weight excluding hydrogens is 302 g/mol. The first-order chi connectivity index (χ1) is 8.56. The Kier molecular flexibility index (Phi) is 3.66. The van der Waals surface area contributed by atoms with Crippen LogP contribution in [0, 0.1) is 6.92 Å². The number of ether oxygens (including phenoxy) is 1. The fourth-order valence-corrected chi connectivity index (χ4v) is 1.79. The van der Waals surface area contributed by atoms with Crippen LogP contribution in [-0.4, -0.2) is 16.2 Å². The van der Waals surface area contributed by atoms with Crippen LogP contribution in [0.15, 0.2) is 33.3 Å². The number of hydrogen-bond acceptors (Lipinski definition) is 4. The second kappa shape index (κ2) is 5.22. The summed E-state index contributed by atoms with van der Waals surface area (Å²) >= 11 is 3.22. The van der Waals surface area contributed by atoms with Crippen molar-refractivity contribution in [2.24, 2.45) is 0 Å². The van der Waals surface area contributed by atoms with Crippen molar-refractivity contribution < 1.29 is 19.2 Å². The maximum absolute atomic E-state index is 11.1. The minimum Gasteiger partial charge on any atom is -0.485 e. The Morgan fingerprint density at radius 3 is 2.89 bits per heavy atom. The fourth-order valence-electron chi connectivity index (χ4n) is 1.43. The average Bonchev–Trinajstić information content (AvgIpc) is 2.73. The topological polar surface area (TPSA) is 72.6 Å². The highest BCUT2D eigenvalue weighted by Crippen LogP contribution is 2.24. The van der Waals surface area contributed by atoms with Crippen LogP contribution in [0.2, 0.25) is 0 Å². The molecule has 1 N–H and O–H groups in total. The largest absolute Gasteiger partial charge is 0.485 e. The molecule has 0 bridgehead atoms. The minimum atomic E-state index is -1.04. The SMILES string of the molecule is Cc1cc(COc2ccc(Br)cc2C(=O)O)on1. The molecule has 18 heavy (non-hydrogen) atoms. The van der Waals surface area contributed by atoms with E-state index in [1.165, 1.54) is 6.07 Å². The van der Waals surface area contributed by atoms with E-state index >= 15 is 0 Å². The van der Waals surface area contributed by atoms with Crippen LogP contribution in [0.5, 0.6) is 5.75 Å². The van der Waals surface area contributed by atoms with E-state index in [1.54, 1.807) is 25.1 Å². The molecule has 0 saturated heterocycles. The number of halogens is 1. The van der Waals surface area contributed by atoms with Gasteiger partial charge in [-0.25, -0.2) is 4.79 Å². The molecule has 0 radical (unpaired) electrons. The smallest absolute Gasteiger partial charge is 0.339 e. The third-order valence-electron chi connectivity index (χ3n) is 2.22. The Morgan fingerprint density at radius 1 is 1.50 bits per heavy atom. The maximum atomic E-state index is 11.1. The van der Waals surface area contributed by atoms with Crippen molar-refractivity contribution in [1.29, 1.82) is 0 Å². The molecule has 2 aromatic rings. The van der Waals surface area contributed by atoms with E-state index in [0.717, 1.165) is 5.69 Å². The third kappa shape index (κ3) is 2.89. The number of benzene rings is 1. The van der Waals surface area contributed by atoms with Gasteiger partial charge in [-0.05, 0) is 25.1 Å². The van der Waals surface area contributed by atoms with Crippen LogP contribution in [0.3, 0.4) is 0 Å². The predicted octanol–water partition coefficient (Wildman–Crippen LogP) is 3.02. The normalized spacial score (nSPS) is 10.3. The lowest BCUT2D eigenvalue weighted by Crippen LogP contribution is -2.03. The molecule has 94 valence electrons. The van der Waals surface area contributed by atoms with E-state index in [2.05, 4.69) is 21.1 Å². The van der Waals surface area contributed by atoms with Crippen molar-refractivity contribution in [1.82, 2.24) is 5.16 Å². The molecule has 2 rings (SSSR count). The van der Waals surface area contributed by atoms with Gasteiger partial charge in [0.1, 0.15) is 17.9 Å². The number of carboxylic acids is 1. The molecule has 0 fully saturated rings. The maximum Gasteiger partial charge on any atom is 0.339 e. The monoisotopic (exact) mass is 311 g/mol. The average molecular weight is 312 g/mol. The van der Waals surface area contributed by atoms with Crippen molar-refractivity contribution in [3.05, 3.63) is 45.8 Å². The Hall–Kier alpha value is -1.82. The number of aryl methyl sites for hydroxylation is 1. The molecule has 0 amide bonds. The summed E-state index contributed by atoms with van der Waals surface area (Å²) in [6, 6.07) is 6.53. The molecule has 0 aliphatic carbocycles. The summed E-state index contributed by atoms with van der Waals surface area (Å²) in [4.78, 5) is 11.1. The second-order valence-electron chi connectivity index (χ2n) is 3.67. The molecule has 1 heterocycles. The van der Waals surface area contributed by atoms with E-state index in [4.69, 9.17) is 14.4 Å². The van der Waals surface area contributed by atoms with Crippen LogP contribution in [0.1, 0.15) is 21.8 Å². The van der Waals surface area contributed by atoms with Crippen LogP contribution in [0.4, 0.5) is 0 Å². The van der Waals surface area contributed by atoms with Crippen LogP contribution in [0.25, 0.3) is 0 Å². The Labute approximate surface area is 111 Å². The third-order valence-corrected chi connectivity index (χ3v) is 2.71. The van der Waals surface area contributed by atoms with E-state index < -0.39 is 5.97 Å². The lowest BCUT2D eigenvalue weighted by Gasteiger charge is -2.07. The standard InChI is InChI=1S/C12H10BrNO4/c1-7-4-9(18-14-7)6-17-11-3-2-8(13)5-10(11)12(15)16/h2-5H,6H2,1H3,(H,15,16). The highest BCUT2D eigenvalue weighted by atomic mass is 79.9. The van der Waals surface area contributed by atoms with Gasteiger partial charge in [0.05, 0.1) is 5.69 Å². The van der Waals surface area contributed by atoms with E-state index in [0.29, 0.717) is 16.0 Å². The first-order valence-corrected chi connectivity index (χ1v) is 5.93. The zero-order valence-electron chi connectivity index (χ0n) is 9.51. The molecule has 0 aliphatic heterocycles. The summed E-state index contributed by atoms with van der Waals surface area (Å²) in [7, 11) is 0. The first kappa shape index (κ1) is 12.6. The van der Waals surface area contributed by atoms with Crippen molar-refractivity contribution >= 4 is 21.9 Å². The van der Waals surface area contributed by atoms with Gasteiger partial charge in [-0.1, -0.05) is 21.1 Å². The van der Waals surface area contributed by atoms with Crippen LogP contribution >= 0.6 is 15.9 Å². The summed E-state index contributed by atoms with van der Waals surface area (Å²) in [5.41, 5.74) is 0.850. The van der Waals surface area contributed by atoms with Gasteiger partial charge in [0.15, 0.2) is 5.76 Å². The molecule has 1 aromatic carbocycles. The second-order valence-corrected chi connectivity index (χ2v) is 4.58. The summed E-state index contributed by atoms with van der Waals surface area (Å²) in [6.45, 7) is 1.94. The Bertz CT molecular complexity index is 579. The number of hydrogen-bond donors (Lipinski definition) is 1. The minimum absolute atomic E-state index is 0.0978. The number of rotatable bonds is 4. The van der Waals surface area contributed by atoms with Crippen molar-refractivity contribution in [2.75, 3.05) is 0 Å². The predicted molar refractivity (Wildman–Crippen MR) is 66.7 cm³/mol. The molecule has 5 nitrogen and oxygen atoms in total. The summed E-state index contributed by atoms with van der Waals surface area (Å²) in [5, 5.41) is 12.8. The number of carboxylic acid groups (broad SMARTS) is 1. The van der Waals surface area contributed by atoms with Gasteiger partial charge >= 0.3 is 5.97 Å². The van der Waals surface area contributed by atoms with E-state index in [1.807, 2.05) is 0 Å². The number of aromatic carboxylic acids is 1. The molecular formula is C12H10BrNO4. The number of aromatic nitrogens is 1. The van der Waals surface area contributed by atoms with Gasteiger partial charge in [-0.3, -0.25) is 0 Å². The zero-order valence-corrected chi connectivity index (χ0v) is 11.1. The molecule has 0 spiro atoms. The van der Waals surface area contributed by atoms with E-state index in [-0.39, 0.29) is 12.2 Å². The summed E-state index contributed by atoms with van der Waals surface area (Å²) in [5.74, 6) is -0.202. The zero-order chi connectivity index (χ0) is 13.1. The Balaban J connectivity index is 2.16. The van der Waals surface area contributed by atoms with Crippen LogP contribution in [-0.2, 0) is 6.61 Å². The molecule has 0 unspecified atom stereocenters. The van der Waals surface area contributed by atoms with Gasteiger partial charge in [0.2, 0.25) is 0 Å². The number of carbonyl (C=O) groups is 1. The Morgan fingerprint density at radius 2 is 2.28 bits per heavy atom. The van der Waals surface area contributed by atoms with Gasteiger partial charge in [-0.15, -0.1) is 0 Å². The van der Waals surface area contributed by atoms with Gasteiger partial charge < -0.3 is 14.4 Å². The molecule has 0 atom stereocenters. The first-order valence-electron chi connectivity index (χ1n) is 5.14. The number of nitrogens with zero attached hydrogens (tertiary/aromatic N) is 1. The lowest BCUT2D eigenvalue weighted by atomic mass is 10.2. The van der Waals surface area contributed by atoms with Crippen molar-refractivity contribution in [3.63, 3.8) is 0 Å². The van der Waals surface area contributed by atoms with E-state index in [9.17, 15) is 4.79 Å². The van der Waals surface area contributed by atoms with Gasteiger partial charge in [-0.2, -0.15) is 0 Å². The summed E-state index contributed by atoms with van der Waals surface area (Å²) < 4.78 is 11.1. The molecule has 1 aromatic heterocycles. The highest BCUT2D eigenvalue weighted by molar-refractivity contribution is 9.10. The lowest BCUT2D eigenvalue weighted by molar-refractivity contribution is 0.0691. The van der Waals surface area contributed by atoms with Crippen molar-refractivity contribution in [3.8, 4) is 5.75 Å². The van der Waals surface area contributed by atoms with Crippen LogP contribution < -0.4 is 4.74 Å². The molecule has 6 heteroatoms. The quantitative estimate of drug-likeness (QED) is 0.939. The molecule has 0 aliphatic rings. The highest BCUT2D eigenvalue weighted by Gasteiger charge is 2.12. The fraction of sp³-hybridized carbons (Fsp3) is 0.167. The molecule has 0 saturated carbocycles.